The van der Waals surface area contributed by atoms with Crippen LogP contribution in [0.3, 0.4) is 0 Å². The second-order valence-electron chi connectivity index (χ2n) is 5.45. The van der Waals surface area contributed by atoms with Gasteiger partial charge in [-0.1, -0.05) is 30.3 Å². The lowest BCUT2D eigenvalue weighted by atomic mass is 10.1. The predicted octanol–water partition coefficient (Wildman–Crippen LogP) is 3.80. The monoisotopic (exact) mass is 284 g/mol. The summed E-state index contributed by atoms with van der Waals surface area (Å²) in [5.74, 6) is 0.912. The minimum atomic E-state index is 0.284. The Balaban J connectivity index is 1.87. The van der Waals surface area contributed by atoms with Crippen LogP contribution in [-0.4, -0.2) is 32.1 Å². The fourth-order valence-electron chi connectivity index (χ4n) is 2.07. The topological polar surface area (TPSA) is 24.5 Å². The van der Waals surface area contributed by atoms with Crippen molar-refractivity contribution in [3.05, 3.63) is 60.2 Å². The van der Waals surface area contributed by atoms with Gasteiger partial charge in [0.2, 0.25) is 0 Å². The number of ether oxygens (including phenoxy) is 1. The third-order valence-corrected chi connectivity index (χ3v) is 3.34. The van der Waals surface area contributed by atoms with Crippen LogP contribution < -0.4 is 10.1 Å². The van der Waals surface area contributed by atoms with E-state index in [4.69, 9.17) is 4.74 Å². The quantitative estimate of drug-likeness (QED) is 0.837. The molecular formula is C18H24N2O. The number of likely N-dealkylation sites (N-methyl/N-ethyl adjacent to an activating group) is 1. The average Bonchev–Trinajstić information content (AvgIpc) is 2.49. The van der Waals surface area contributed by atoms with Crippen LogP contribution in [0.1, 0.15) is 18.5 Å². The van der Waals surface area contributed by atoms with E-state index in [9.17, 15) is 0 Å². The standard InChI is InChI=1S/C18H24N2O/c1-15(16-7-5-4-6-8-16)19-17-9-11-18(12-10-17)21-14-13-20(2)3/h4-12,15,19H,13-14H2,1-3H3. The molecule has 21 heavy (non-hydrogen) atoms. The number of nitrogens with zero attached hydrogens (tertiary/aromatic N) is 1. The van der Waals surface area contributed by atoms with Gasteiger partial charge < -0.3 is 15.0 Å². The van der Waals surface area contributed by atoms with Crippen molar-refractivity contribution < 1.29 is 4.74 Å². The summed E-state index contributed by atoms with van der Waals surface area (Å²) in [4.78, 5) is 2.11. The fraction of sp³-hybridized carbons (Fsp3) is 0.333. The maximum absolute atomic E-state index is 5.69. The Labute approximate surface area is 127 Å². The molecule has 0 aliphatic rings. The first kappa shape index (κ1) is 15.4. The second-order valence-corrected chi connectivity index (χ2v) is 5.45. The lowest BCUT2D eigenvalue weighted by Crippen LogP contribution is -2.19. The van der Waals surface area contributed by atoms with E-state index < -0.39 is 0 Å². The van der Waals surface area contributed by atoms with Gasteiger partial charge in [0.1, 0.15) is 12.4 Å². The van der Waals surface area contributed by atoms with Gasteiger partial charge in [-0.3, -0.25) is 0 Å². The summed E-state index contributed by atoms with van der Waals surface area (Å²) in [6.45, 7) is 3.79. The molecule has 0 heterocycles. The molecule has 2 aromatic carbocycles. The molecule has 0 saturated carbocycles. The van der Waals surface area contributed by atoms with Crippen LogP contribution in [-0.2, 0) is 0 Å². The summed E-state index contributed by atoms with van der Waals surface area (Å²) >= 11 is 0. The molecular weight excluding hydrogens is 260 g/mol. The summed E-state index contributed by atoms with van der Waals surface area (Å²) in [6, 6.07) is 18.9. The number of benzene rings is 2. The molecule has 1 N–H and O–H groups in total. The van der Waals surface area contributed by atoms with Crippen molar-refractivity contribution >= 4 is 5.69 Å². The normalized spacial score (nSPS) is 12.2. The van der Waals surface area contributed by atoms with Gasteiger partial charge in [-0.25, -0.2) is 0 Å². The second kappa shape index (κ2) is 7.70. The number of anilines is 1. The Morgan fingerprint density at radius 3 is 2.29 bits per heavy atom. The van der Waals surface area contributed by atoms with E-state index in [0.29, 0.717) is 6.61 Å². The SMILES string of the molecule is CC(Nc1ccc(OCCN(C)C)cc1)c1ccccc1. The molecule has 1 atom stereocenters. The Bertz CT molecular complexity index is 523. The maximum atomic E-state index is 5.69. The van der Waals surface area contributed by atoms with Crippen LogP contribution in [0.15, 0.2) is 54.6 Å². The highest BCUT2D eigenvalue weighted by Gasteiger charge is 2.04. The van der Waals surface area contributed by atoms with Crippen molar-refractivity contribution in [2.45, 2.75) is 13.0 Å². The Hall–Kier alpha value is -2.00. The van der Waals surface area contributed by atoms with Crippen LogP contribution in [0, 0.1) is 0 Å². The molecule has 2 aromatic rings. The summed E-state index contributed by atoms with van der Waals surface area (Å²) in [5, 5.41) is 3.50. The van der Waals surface area contributed by atoms with Gasteiger partial charge in [0.25, 0.3) is 0 Å². The zero-order valence-corrected chi connectivity index (χ0v) is 13.0. The number of rotatable bonds is 7. The summed E-state index contributed by atoms with van der Waals surface area (Å²) in [5.41, 5.74) is 2.38. The van der Waals surface area contributed by atoms with E-state index in [1.165, 1.54) is 5.56 Å². The largest absolute Gasteiger partial charge is 0.492 e. The molecule has 3 nitrogen and oxygen atoms in total. The van der Waals surface area contributed by atoms with E-state index in [0.717, 1.165) is 18.0 Å². The molecule has 0 aliphatic carbocycles. The molecule has 0 fully saturated rings. The highest BCUT2D eigenvalue weighted by atomic mass is 16.5. The van der Waals surface area contributed by atoms with Gasteiger partial charge >= 0.3 is 0 Å². The molecule has 0 saturated heterocycles. The Morgan fingerprint density at radius 1 is 1.00 bits per heavy atom. The zero-order valence-electron chi connectivity index (χ0n) is 13.0. The van der Waals surface area contributed by atoms with E-state index in [-0.39, 0.29) is 6.04 Å². The van der Waals surface area contributed by atoms with Crippen molar-refractivity contribution in [2.75, 3.05) is 32.6 Å². The van der Waals surface area contributed by atoms with Crippen molar-refractivity contribution in [1.29, 1.82) is 0 Å². The Morgan fingerprint density at radius 2 is 1.67 bits per heavy atom. The van der Waals surface area contributed by atoms with E-state index in [1.807, 2.05) is 32.3 Å². The summed E-state index contributed by atoms with van der Waals surface area (Å²) < 4.78 is 5.69. The van der Waals surface area contributed by atoms with E-state index >= 15 is 0 Å². The van der Waals surface area contributed by atoms with Crippen LogP contribution in [0.4, 0.5) is 5.69 Å². The Kier molecular flexibility index (Phi) is 5.64. The summed E-state index contributed by atoms with van der Waals surface area (Å²) in [6.07, 6.45) is 0. The first-order chi connectivity index (χ1) is 10.1. The highest BCUT2D eigenvalue weighted by Crippen LogP contribution is 2.21. The van der Waals surface area contributed by atoms with Crippen LogP contribution >= 0.6 is 0 Å². The first-order valence-corrected chi connectivity index (χ1v) is 7.34. The lowest BCUT2D eigenvalue weighted by molar-refractivity contribution is 0.261. The van der Waals surface area contributed by atoms with Gasteiger partial charge in [0, 0.05) is 18.3 Å². The van der Waals surface area contributed by atoms with Crippen molar-refractivity contribution in [3.63, 3.8) is 0 Å². The lowest BCUT2D eigenvalue weighted by Gasteiger charge is -2.16. The van der Waals surface area contributed by atoms with Gasteiger partial charge in [0.15, 0.2) is 0 Å². The first-order valence-electron chi connectivity index (χ1n) is 7.34. The molecule has 0 radical (unpaired) electrons. The maximum Gasteiger partial charge on any atom is 0.119 e. The van der Waals surface area contributed by atoms with Gasteiger partial charge in [-0.05, 0) is 50.8 Å². The van der Waals surface area contributed by atoms with Crippen LogP contribution in [0.2, 0.25) is 0 Å². The minimum absolute atomic E-state index is 0.284. The number of hydrogen-bond donors (Lipinski definition) is 1. The van der Waals surface area contributed by atoms with Gasteiger partial charge in [-0.15, -0.1) is 0 Å². The van der Waals surface area contributed by atoms with Crippen LogP contribution in [0.25, 0.3) is 0 Å². The number of nitrogens with one attached hydrogen (secondary N) is 1. The third-order valence-electron chi connectivity index (χ3n) is 3.34. The molecule has 0 bridgehead atoms. The van der Waals surface area contributed by atoms with Crippen LogP contribution in [0.5, 0.6) is 5.75 Å². The molecule has 0 amide bonds. The third kappa shape index (κ3) is 5.12. The predicted molar refractivity (Wildman–Crippen MR) is 89.0 cm³/mol. The molecule has 1 unspecified atom stereocenters. The number of hydrogen-bond acceptors (Lipinski definition) is 3. The molecule has 112 valence electrons. The fourth-order valence-corrected chi connectivity index (χ4v) is 2.07. The van der Waals surface area contributed by atoms with Crippen molar-refractivity contribution in [1.82, 2.24) is 4.90 Å². The van der Waals surface area contributed by atoms with Gasteiger partial charge in [-0.2, -0.15) is 0 Å². The van der Waals surface area contributed by atoms with E-state index in [2.05, 4.69) is 53.5 Å². The van der Waals surface area contributed by atoms with E-state index in [1.54, 1.807) is 0 Å². The van der Waals surface area contributed by atoms with Crippen molar-refractivity contribution in [2.24, 2.45) is 0 Å². The molecule has 2 rings (SSSR count). The highest BCUT2D eigenvalue weighted by molar-refractivity contribution is 5.48. The average molecular weight is 284 g/mol. The van der Waals surface area contributed by atoms with Crippen molar-refractivity contribution in [3.8, 4) is 5.75 Å². The zero-order chi connectivity index (χ0) is 15.1. The smallest absolute Gasteiger partial charge is 0.119 e. The minimum Gasteiger partial charge on any atom is -0.492 e. The summed E-state index contributed by atoms with van der Waals surface area (Å²) in [7, 11) is 4.09. The molecule has 0 aromatic heterocycles. The van der Waals surface area contributed by atoms with Gasteiger partial charge in [0.05, 0.1) is 0 Å². The molecule has 0 aliphatic heterocycles. The molecule has 0 spiro atoms. The molecule has 3 heteroatoms.